The molecule has 0 spiro atoms. The van der Waals surface area contributed by atoms with Crippen LogP contribution in [-0.2, 0) is 10.8 Å². The Morgan fingerprint density at radius 1 is 1.07 bits per heavy atom. The monoisotopic (exact) mass is 403 g/mol. The molecule has 28 heavy (non-hydrogen) atoms. The van der Waals surface area contributed by atoms with Crippen LogP contribution in [-0.4, -0.2) is 10.0 Å². The van der Waals surface area contributed by atoms with Crippen molar-refractivity contribution in [3.63, 3.8) is 0 Å². The van der Waals surface area contributed by atoms with E-state index in [9.17, 15) is 15.2 Å². The lowest BCUT2D eigenvalue weighted by atomic mass is 9.77. The molecule has 6 nitrogen and oxygen atoms in total. The number of phenolic OH excluding ortho intramolecular Hbond substituents is 1. The van der Waals surface area contributed by atoms with Gasteiger partial charge >= 0.3 is 0 Å². The van der Waals surface area contributed by atoms with Crippen molar-refractivity contribution < 1.29 is 10.0 Å². The Morgan fingerprint density at radius 2 is 1.68 bits per heavy atom. The molecule has 0 saturated carbocycles. The maximum atomic E-state index is 11.3. The van der Waals surface area contributed by atoms with Gasteiger partial charge in [0, 0.05) is 16.7 Å². The molecule has 0 radical (unpaired) electrons. The Kier molecular flexibility index (Phi) is 6.14. The van der Waals surface area contributed by atoms with Gasteiger partial charge < -0.3 is 5.11 Å². The van der Waals surface area contributed by atoms with E-state index < -0.39 is 4.92 Å². The first kappa shape index (κ1) is 21.8. The number of halogens is 1. The molecule has 0 unspecified atom stereocenters. The molecule has 2 aromatic carbocycles. The molecule has 0 amide bonds. The smallest absolute Gasteiger partial charge is 0.298 e. The fourth-order valence-corrected chi connectivity index (χ4v) is 2.84. The van der Waals surface area contributed by atoms with Gasteiger partial charge in [-0.2, -0.15) is 0 Å². The first-order valence-electron chi connectivity index (χ1n) is 9.10. The molecule has 0 heterocycles. The van der Waals surface area contributed by atoms with E-state index in [0.717, 1.165) is 17.5 Å². The predicted octanol–water partition coefficient (Wildman–Crippen LogP) is 7.35. The highest BCUT2D eigenvalue weighted by atomic mass is 35.5. The molecule has 1 N–H and O–H groups in total. The first-order valence-corrected chi connectivity index (χ1v) is 9.48. The number of nitro benzene ring substituents is 1. The van der Waals surface area contributed by atoms with E-state index in [2.05, 4.69) is 51.8 Å². The van der Waals surface area contributed by atoms with Gasteiger partial charge in [0.1, 0.15) is 11.4 Å². The van der Waals surface area contributed by atoms with E-state index in [-0.39, 0.29) is 38.7 Å². The molecule has 7 heteroatoms. The van der Waals surface area contributed by atoms with Crippen LogP contribution >= 0.6 is 11.6 Å². The van der Waals surface area contributed by atoms with E-state index in [1.807, 2.05) is 6.07 Å². The summed E-state index contributed by atoms with van der Waals surface area (Å²) < 4.78 is 0. The normalized spacial score (nSPS) is 12.5. The van der Waals surface area contributed by atoms with Crippen LogP contribution in [0.1, 0.15) is 59.1 Å². The second kappa shape index (κ2) is 7.87. The van der Waals surface area contributed by atoms with Crippen LogP contribution in [0.5, 0.6) is 5.75 Å². The lowest BCUT2D eigenvalue weighted by Crippen LogP contribution is -2.18. The molecule has 0 atom stereocenters. The average molecular weight is 404 g/mol. The summed E-state index contributed by atoms with van der Waals surface area (Å²) in [6, 6.07) is 7.96. The van der Waals surface area contributed by atoms with E-state index in [1.54, 1.807) is 6.07 Å². The highest BCUT2D eigenvalue weighted by Gasteiger charge is 2.27. The van der Waals surface area contributed by atoms with Gasteiger partial charge in [0.2, 0.25) is 0 Å². The average Bonchev–Trinajstić information content (AvgIpc) is 2.60. The molecule has 150 valence electrons. The van der Waals surface area contributed by atoms with Gasteiger partial charge in [-0.15, -0.1) is 10.2 Å². The van der Waals surface area contributed by atoms with Crippen LogP contribution in [0.2, 0.25) is 5.02 Å². The highest BCUT2D eigenvalue weighted by Crippen LogP contribution is 2.43. The van der Waals surface area contributed by atoms with Crippen molar-refractivity contribution in [2.45, 2.75) is 58.8 Å². The van der Waals surface area contributed by atoms with Gasteiger partial charge in [0.15, 0.2) is 5.69 Å². The van der Waals surface area contributed by atoms with Crippen molar-refractivity contribution >= 4 is 28.7 Å². The maximum absolute atomic E-state index is 11.3. The Hall–Kier alpha value is -2.47. The summed E-state index contributed by atoms with van der Waals surface area (Å²) in [6.45, 7) is 12.4. The summed E-state index contributed by atoms with van der Waals surface area (Å²) in [4.78, 5) is 10.7. The standard InChI is InChI=1S/C21H26ClN3O3/c1-7-21(5,6)15-10-13(20(2,3)4)11-17(19(15)26)24-23-16-9-8-14(22)12-18(16)25(27)28/h8-12,26H,7H2,1-6H3. The summed E-state index contributed by atoms with van der Waals surface area (Å²) in [5.41, 5.74) is 1.48. The van der Waals surface area contributed by atoms with Crippen LogP contribution in [0.25, 0.3) is 0 Å². The number of phenols is 1. The van der Waals surface area contributed by atoms with Crippen LogP contribution < -0.4 is 0 Å². The van der Waals surface area contributed by atoms with Crippen molar-refractivity contribution in [1.29, 1.82) is 0 Å². The van der Waals surface area contributed by atoms with Crippen molar-refractivity contribution in [2.75, 3.05) is 0 Å². The number of hydrogen-bond acceptors (Lipinski definition) is 5. The lowest BCUT2D eigenvalue weighted by Gasteiger charge is -2.28. The zero-order valence-corrected chi connectivity index (χ0v) is 17.8. The maximum Gasteiger partial charge on any atom is 0.298 e. The Balaban J connectivity index is 2.64. The molecule has 2 rings (SSSR count). The zero-order chi connectivity index (χ0) is 21.3. The number of rotatable bonds is 5. The fourth-order valence-electron chi connectivity index (χ4n) is 2.67. The Morgan fingerprint density at radius 3 is 2.21 bits per heavy atom. The molecular weight excluding hydrogens is 378 g/mol. The lowest BCUT2D eigenvalue weighted by molar-refractivity contribution is -0.384. The molecule has 0 saturated heterocycles. The largest absolute Gasteiger partial charge is 0.505 e. The number of nitrogens with zero attached hydrogens (tertiary/aromatic N) is 3. The molecule has 0 fully saturated rings. The Labute approximate surface area is 170 Å². The van der Waals surface area contributed by atoms with Crippen molar-refractivity contribution in [3.8, 4) is 5.75 Å². The quantitative estimate of drug-likeness (QED) is 0.321. The summed E-state index contributed by atoms with van der Waals surface area (Å²) in [6.07, 6.45) is 0.827. The second-order valence-electron chi connectivity index (χ2n) is 8.47. The van der Waals surface area contributed by atoms with Crippen LogP contribution in [0.4, 0.5) is 17.1 Å². The van der Waals surface area contributed by atoms with Crippen LogP contribution in [0.3, 0.4) is 0 Å². The molecule has 0 bridgehead atoms. The van der Waals surface area contributed by atoms with Gasteiger partial charge in [-0.1, -0.05) is 59.2 Å². The summed E-state index contributed by atoms with van der Waals surface area (Å²) in [5.74, 6) is 0.0419. The van der Waals surface area contributed by atoms with Crippen molar-refractivity contribution in [2.24, 2.45) is 10.2 Å². The third kappa shape index (κ3) is 4.68. The number of aromatic hydroxyl groups is 1. The molecule has 0 aliphatic heterocycles. The van der Waals surface area contributed by atoms with Gasteiger partial charge in [-0.25, -0.2) is 0 Å². The minimum Gasteiger partial charge on any atom is -0.505 e. The molecule has 0 aromatic heterocycles. The number of nitro groups is 1. The number of benzene rings is 2. The number of azo groups is 1. The molecule has 0 aliphatic rings. The van der Waals surface area contributed by atoms with Crippen LogP contribution in [0, 0.1) is 10.1 Å². The van der Waals surface area contributed by atoms with Gasteiger partial charge in [0.05, 0.1) is 4.92 Å². The van der Waals surface area contributed by atoms with Gasteiger partial charge in [-0.3, -0.25) is 10.1 Å². The minimum atomic E-state index is -0.558. The summed E-state index contributed by atoms with van der Waals surface area (Å²) in [7, 11) is 0. The SMILES string of the molecule is CCC(C)(C)c1cc(C(C)(C)C)cc(N=Nc2ccc(Cl)cc2[N+](=O)[O-])c1O. The van der Waals surface area contributed by atoms with Crippen LogP contribution in [0.15, 0.2) is 40.6 Å². The van der Waals surface area contributed by atoms with E-state index in [0.29, 0.717) is 0 Å². The van der Waals surface area contributed by atoms with E-state index >= 15 is 0 Å². The third-order valence-electron chi connectivity index (χ3n) is 4.97. The summed E-state index contributed by atoms with van der Waals surface area (Å²) in [5, 5.41) is 30.5. The van der Waals surface area contributed by atoms with Crippen molar-refractivity contribution in [1.82, 2.24) is 0 Å². The zero-order valence-electron chi connectivity index (χ0n) is 17.1. The molecule has 2 aromatic rings. The van der Waals surface area contributed by atoms with E-state index in [4.69, 9.17) is 11.6 Å². The predicted molar refractivity (Wildman–Crippen MR) is 112 cm³/mol. The first-order chi connectivity index (χ1) is 12.9. The van der Waals surface area contributed by atoms with Gasteiger partial charge in [-0.05, 0) is 41.0 Å². The van der Waals surface area contributed by atoms with E-state index in [1.165, 1.54) is 18.2 Å². The second-order valence-corrected chi connectivity index (χ2v) is 8.91. The third-order valence-corrected chi connectivity index (χ3v) is 5.20. The number of hydrogen-bond donors (Lipinski definition) is 1. The highest BCUT2D eigenvalue weighted by molar-refractivity contribution is 6.30. The fraction of sp³-hybridized carbons (Fsp3) is 0.429. The minimum absolute atomic E-state index is 0.0419. The molecular formula is C21H26ClN3O3. The topological polar surface area (TPSA) is 88.1 Å². The van der Waals surface area contributed by atoms with Gasteiger partial charge in [0.25, 0.3) is 5.69 Å². The summed E-state index contributed by atoms with van der Waals surface area (Å²) >= 11 is 5.84. The van der Waals surface area contributed by atoms with Crippen molar-refractivity contribution in [3.05, 3.63) is 56.6 Å². The Bertz CT molecular complexity index is 931. The molecule has 0 aliphatic carbocycles.